The lowest BCUT2D eigenvalue weighted by Gasteiger charge is -2.16. The van der Waals surface area contributed by atoms with E-state index in [0.29, 0.717) is 30.1 Å². The van der Waals surface area contributed by atoms with Crippen molar-refractivity contribution < 1.29 is 22.5 Å². The molecule has 0 N–H and O–H groups in total. The summed E-state index contributed by atoms with van der Waals surface area (Å²) in [5.41, 5.74) is 1.96. The molecule has 0 unspecified atom stereocenters. The quantitative estimate of drug-likeness (QED) is 0.599. The number of carbonyl (C=O) groups excluding carboxylic acids is 1. The number of aryl methyl sites for hydroxylation is 1. The van der Waals surface area contributed by atoms with Crippen LogP contribution in [0, 0.1) is 6.92 Å². The summed E-state index contributed by atoms with van der Waals surface area (Å²) >= 11 is 0. The Morgan fingerprint density at radius 1 is 1.36 bits per heavy atom. The van der Waals surface area contributed by atoms with Gasteiger partial charge in [-0.05, 0) is 37.1 Å². The molecule has 0 radical (unpaired) electrons. The number of sulfonamides is 1. The third-order valence-electron chi connectivity index (χ3n) is 3.73. The molecule has 0 atom stereocenters. The van der Waals surface area contributed by atoms with Crippen molar-refractivity contribution >= 4 is 27.8 Å². The van der Waals surface area contributed by atoms with Gasteiger partial charge in [0.25, 0.3) is 0 Å². The average molecular weight is 362 g/mol. The highest BCUT2D eigenvalue weighted by atomic mass is 32.2. The van der Waals surface area contributed by atoms with E-state index in [2.05, 4.69) is 5.16 Å². The minimum Gasteiger partial charge on any atom is -0.456 e. The molecule has 0 saturated carbocycles. The van der Waals surface area contributed by atoms with E-state index in [1.54, 1.807) is 43.3 Å². The predicted octanol–water partition coefficient (Wildman–Crippen LogP) is 2.28. The van der Waals surface area contributed by atoms with Gasteiger partial charge >= 0.3 is 5.97 Å². The first-order valence-electron chi connectivity index (χ1n) is 7.81. The molecule has 132 valence electrons. The number of rotatable bonds is 5. The second kappa shape index (κ2) is 7.10. The molecule has 0 bridgehead atoms. The first-order chi connectivity index (χ1) is 11.9. The highest BCUT2D eigenvalue weighted by molar-refractivity contribution is 7.93. The number of aromatic nitrogens is 1. The zero-order valence-electron chi connectivity index (χ0n) is 13.7. The van der Waals surface area contributed by atoms with Crippen LogP contribution < -0.4 is 4.31 Å². The summed E-state index contributed by atoms with van der Waals surface area (Å²) in [4.78, 5) is 11.7. The monoisotopic (exact) mass is 362 g/mol. The van der Waals surface area contributed by atoms with Gasteiger partial charge in [0.2, 0.25) is 10.0 Å². The maximum Gasteiger partial charge on any atom is 0.331 e. The normalized spacial score (nSPS) is 16.4. The first kappa shape index (κ1) is 17.2. The van der Waals surface area contributed by atoms with Crippen molar-refractivity contribution in [2.45, 2.75) is 20.0 Å². The van der Waals surface area contributed by atoms with Gasteiger partial charge in [-0.15, -0.1) is 0 Å². The van der Waals surface area contributed by atoms with Crippen LogP contribution in [0.5, 0.6) is 0 Å². The molecule has 3 rings (SSSR count). The molecule has 1 aliphatic rings. The summed E-state index contributed by atoms with van der Waals surface area (Å²) in [6.07, 6.45) is 3.56. The van der Waals surface area contributed by atoms with Crippen molar-refractivity contribution in [3.05, 3.63) is 53.4 Å². The van der Waals surface area contributed by atoms with Crippen molar-refractivity contribution in [3.8, 4) is 0 Å². The molecule has 2 aromatic rings. The highest BCUT2D eigenvalue weighted by Gasteiger charge is 2.28. The van der Waals surface area contributed by atoms with Gasteiger partial charge < -0.3 is 9.26 Å². The van der Waals surface area contributed by atoms with Crippen LogP contribution in [0.3, 0.4) is 0 Å². The summed E-state index contributed by atoms with van der Waals surface area (Å²) < 4.78 is 35.1. The van der Waals surface area contributed by atoms with Gasteiger partial charge in [0, 0.05) is 18.7 Å². The maximum absolute atomic E-state index is 11.9. The zero-order chi connectivity index (χ0) is 17.9. The summed E-state index contributed by atoms with van der Waals surface area (Å²) in [6, 6.07) is 8.67. The molecule has 0 amide bonds. The van der Waals surface area contributed by atoms with Crippen LogP contribution in [0.25, 0.3) is 6.08 Å². The number of hydrogen-bond acceptors (Lipinski definition) is 6. The minimum absolute atomic E-state index is 0.0479. The second-order valence-electron chi connectivity index (χ2n) is 5.70. The Hall–Kier alpha value is -2.61. The fourth-order valence-corrected chi connectivity index (χ4v) is 4.09. The van der Waals surface area contributed by atoms with E-state index in [4.69, 9.17) is 9.26 Å². The summed E-state index contributed by atoms with van der Waals surface area (Å²) in [7, 11) is -3.18. The van der Waals surface area contributed by atoms with Crippen molar-refractivity contribution in [2.24, 2.45) is 0 Å². The fourth-order valence-electron chi connectivity index (χ4n) is 2.52. The van der Waals surface area contributed by atoms with Crippen LogP contribution >= 0.6 is 0 Å². The van der Waals surface area contributed by atoms with Crippen molar-refractivity contribution in [2.75, 3.05) is 16.6 Å². The van der Waals surface area contributed by atoms with Crippen LogP contribution in [0.1, 0.15) is 23.4 Å². The predicted molar refractivity (Wildman–Crippen MR) is 92.3 cm³/mol. The maximum atomic E-state index is 11.9. The van der Waals surface area contributed by atoms with Gasteiger partial charge in [-0.25, -0.2) is 13.2 Å². The SMILES string of the molecule is Cc1cc(COC(=O)C=Cc2ccc(N3CCCS3(=O)=O)cc2)no1. The largest absolute Gasteiger partial charge is 0.456 e. The topological polar surface area (TPSA) is 89.7 Å². The summed E-state index contributed by atoms with van der Waals surface area (Å²) in [5.74, 6) is 0.347. The Morgan fingerprint density at radius 2 is 2.12 bits per heavy atom. The average Bonchev–Trinajstić information content (AvgIpc) is 3.16. The number of benzene rings is 1. The molecule has 1 saturated heterocycles. The van der Waals surface area contributed by atoms with E-state index in [9.17, 15) is 13.2 Å². The fraction of sp³-hybridized carbons (Fsp3) is 0.294. The van der Waals surface area contributed by atoms with E-state index in [1.165, 1.54) is 10.4 Å². The molecule has 2 heterocycles. The van der Waals surface area contributed by atoms with Crippen molar-refractivity contribution in [1.82, 2.24) is 5.16 Å². The molecule has 0 aliphatic carbocycles. The molecule has 25 heavy (non-hydrogen) atoms. The Bertz CT molecular complexity index is 884. The van der Waals surface area contributed by atoms with Gasteiger partial charge in [0.1, 0.15) is 18.1 Å². The molecule has 8 heteroatoms. The third kappa shape index (κ3) is 4.27. The van der Waals surface area contributed by atoms with E-state index in [0.717, 1.165) is 5.56 Å². The minimum atomic E-state index is -3.18. The van der Waals surface area contributed by atoms with E-state index < -0.39 is 16.0 Å². The lowest BCUT2D eigenvalue weighted by Crippen LogP contribution is -2.24. The molecule has 7 nitrogen and oxygen atoms in total. The molecule has 1 aromatic carbocycles. The van der Waals surface area contributed by atoms with Crippen LogP contribution in [0.4, 0.5) is 5.69 Å². The molecule has 1 aromatic heterocycles. The number of hydrogen-bond donors (Lipinski definition) is 0. The van der Waals surface area contributed by atoms with Gasteiger partial charge in [0.05, 0.1) is 11.4 Å². The Labute approximate surface area is 145 Å². The molecule has 0 spiro atoms. The molecule has 1 aliphatic heterocycles. The first-order valence-corrected chi connectivity index (χ1v) is 9.42. The van der Waals surface area contributed by atoms with E-state index in [-0.39, 0.29) is 12.4 Å². The lowest BCUT2D eigenvalue weighted by molar-refractivity contribution is -0.139. The van der Waals surface area contributed by atoms with Crippen molar-refractivity contribution in [3.63, 3.8) is 0 Å². The number of nitrogens with zero attached hydrogens (tertiary/aromatic N) is 2. The Morgan fingerprint density at radius 3 is 2.72 bits per heavy atom. The van der Waals surface area contributed by atoms with Crippen LogP contribution in [-0.4, -0.2) is 31.8 Å². The highest BCUT2D eigenvalue weighted by Crippen LogP contribution is 2.24. The van der Waals surface area contributed by atoms with E-state index >= 15 is 0 Å². The summed E-state index contributed by atoms with van der Waals surface area (Å²) in [6.45, 7) is 2.31. The Balaban J connectivity index is 1.57. The van der Waals surface area contributed by atoms with E-state index in [1.807, 2.05) is 0 Å². The van der Waals surface area contributed by atoms with Gasteiger partial charge in [-0.1, -0.05) is 17.3 Å². The lowest BCUT2D eigenvalue weighted by atomic mass is 10.2. The standard InChI is InChI=1S/C17H18N2O5S/c1-13-11-15(18-24-13)12-23-17(20)8-5-14-3-6-16(7-4-14)19-9-2-10-25(19,21)22/h3-8,11H,2,9-10,12H2,1H3. The van der Waals surface area contributed by atoms with Crippen LogP contribution in [0.2, 0.25) is 0 Å². The third-order valence-corrected chi connectivity index (χ3v) is 5.60. The molecular formula is C17H18N2O5S. The number of anilines is 1. The van der Waals surface area contributed by atoms with Gasteiger partial charge in [-0.3, -0.25) is 4.31 Å². The smallest absolute Gasteiger partial charge is 0.331 e. The summed E-state index contributed by atoms with van der Waals surface area (Å²) in [5, 5.41) is 3.74. The van der Waals surface area contributed by atoms with Crippen LogP contribution in [0.15, 0.2) is 40.9 Å². The Kier molecular flexibility index (Phi) is 4.89. The molecule has 1 fully saturated rings. The van der Waals surface area contributed by atoms with Crippen LogP contribution in [-0.2, 0) is 26.2 Å². The number of carbonyl (C=O) groups is 1. The number of ether oxygens (including phenoxy) is 1. The second-order valence-corrected chi connectivity index (χ2v) is 7.72. The molecular weight excluding hydrogens is 344 g/mol. The number of esters is 1. The van der Waals surface area contributed by atoms with Gasteiger partial charge in [0.15, 0.2) is 0 Å². The zero-order valence-corrected chi connectivity index (χ0v) is 14.5. The van der Waals surface area contributed by atoms with Crippen molar-refractivity contribution in [1.29, 1.82) is 0 Å². The van der Waals surface area contributed by atoms with Gasteiger partial charge in [-0.2, -0.15) is 0 Å².